The van der Waals surface area contributed by atoms with Crippen molar-refractivity contribution in [2.45, 2.75) is 26.8 Å². The summed E-state index contributed by atoms with van der Waals surface area (Å²) in [6, 6.07) is 7.75. The Hall–Kier alpha value is -1.03. The van der Waals surface area contributed by atoms with Gasteiger partial charge in [-0.1, -0.05) is 48.0 Å². The number of rotatable bonds is 4. The number of benzene rings is 1. The van der Waals surface area contributed by atoms with E-state index < -0.39 is 0 Å². The lowest BCUT2D eigenvalue weighted by molar-refractivity contribution is 0.236. The second-order valence-electron chi connectivity index (χ2n) is 4.49. The zero-order chi connectivity index (χ0) is 12.8. The van der Waals surface area contributed by atoms with Crippen molar-refractivity contribution in [2.75, 3.05) is 6.54 Å². The largest absolute Gasteiger partial charge is 0.338 e. The molecule has 0 fully saturated rings. The summed E-state index contributed by atoms with van der Waals surface area (Å²) in [6.45, 7) is 6.79. The van der Waals surface area contributed by atoms with Crippen molar-refractivity contribution in [3.8, 4) is 0 Å². The summed E-state index contributed by atoms with van der Waals surface area (Å²) < 4.78 is 1.01. The molecule has 2 amide bonds. The molecule has 0 aliphatic rings. The van der Waals surface area contributed by atoms with Crippen LogP contribution in [0.1, 0.15) is 32.4 Å². The van der Waals surface area contributed by atoms with Crippen LogP contribution in [0.5, 0.6) is 0 Å². The van der Waals surface area contributed by atoms with Crippen LogP contribution >= 0.6 is 15.9 Å². The van der Waals surface area contributed by atoms with E-state index in [-0.39, 0.29) is 12.1 Å². The maximum Gasteiger partial charge on any atom is 0.315 e. The van der Waals surface area contributed by atoms with Crippen molar-refractivity contribution >= 4 is 22.0 Å². The summed E-state index contributed by atoms with van der Waals surface area (Å²) in [4.78, 5) is 11.6. The molecule has 0 radical (unpaired) electrons. The Morgan fingerprint density at radius 3 is 2.53 bits per heavy atom. The molecule has 0 aromatic heterocycles. The maximum atomic E-state index is 11.6. The van der Waals surface area contributed by atoms with Gasteiger partial charge in [0, 0.05) is 11.0 Å². The van der Waals surface area contributed by atoms with E-state index in [4.69, 9.17) is 0 Å². The molecule has 1 atom stereocenters. The third-order valence-corrected chi connectivity index (χ3v) is 3.11. The van der Waals surface area contributed by atoms with Gasteiger partial charge in [-0.05, 0) is 24.5 Å². The molecule has 4 heteroatoms. The third kappa shape index (κ3) is 4.77. The molecule has 0 bridgehead atoms. The van der Waals surface area contributed by atoms with E-state index in [0.717, 1.165) is 10.0 Å². The average molecular weight is 299 g/mol. The van der Waals surface area contributed by atoms with Gasteiger partial charge in [-0.25, -0.2) is 4.79 Å². The Labute approximate surface area is 111 Å². The van der Waals surface area contributed by atoms with Crippen LogP contribution in [0.3, 0.4) is 0 Å². The molecule has 1 aromatic carbocycles. The quantitative estimate of drug-likeness (QED) is 0.878. The van der Waals surface area contributed by atoms with Crippen molar-refractivity contribution < 1.29 is 4.79 Å². The number of amides is 2. The predicted molar refractivity (Wildman–Crippen MR) is 73.9 cm³/mol. The molecule has 0 aliphatic heterocycles. The van der Waals surface area contributed by atoms with Crippen molar-refractivity contribution in [3.63, 3.8) is 0 Å². The second-order valence-corrected chi connectivity index (χ2v) is 5.35. The van der Waals surface area contributed by atoms with Crippen LogP contribution in [0.4, 0.5) is 4.79 Å². The van der Waals surface area contributed by atoms with E-state index >= 15 is 0 Å². The lowest BCUT2D eigenvalue weighted by Gasteiger charge is -2.17. The minimum Gasteiger partial charge on any atom is -0.338 e. The van der Waals surface area contributed by atoms with Gasteiger partial charge in [0.2, 0.25) is 0 Å². The SMILES string of the molecule is CC(C)CNC(=O)N[C@@H](C)c1ccccc1Br. The molecule has 0 spiro atoms. The number of nitrogens with one attached hydrogen (secondary N) is 2. The zero-order valence-corrected chi connectivity index (χ0v) is 12.0. The zero-order valence-electron chi connectivity index (χ0n) is 10.5. The van der Waals surface area contributed by atoms with Gasteiger partial charge >= 0.3 is 6.03 Å². The lowest BCUT2D eigenvalue weighted by Crippen LogP contribution is -2.38. The highest BCUT2D eigenvalue weighted by Crippen LogP contribution is 2.22. The summed E-state index contributed by atoms with van der Waals surface area (Å²) >= 11 is 3.48. The van der Waals surface area contributed by atoms with Gasteiger partial charge in [0.25, 0.3) is 0 Å². The fourth-order valence-corrected chi connectivity index (χ4v) is 2.08. The minimum absolute atomic E-state index is 0.0160. The molecule has 0 saturated carbocycles. The van der Waals surface area contributed by atoms with E-state index in [0.29, 0.717) is 12.5 Å². The van der Waals surface area contributed by atoms with Crippen molar-refractivity contribution in [3.05, 3.63) is 34.3 Å². The van der Waals surface area contributed by atoms with Gasteiger partial charge < -0.3 is 10.6 Å². The average Bonchev–Trinajstić information content (AvgIpc) is 2.26. The predicted octanol–water partition coefficient (Wildman–Crippen LogP) is 3.47. The summed E-state index contributed by atoms with van der Waals surface area (Å²) in [7, 11) is 0. The van der Waals surface area contributed by atoms with Gasteiger partial charge in [-0.3, -0.25) is 0 Å². The topological polar surface area (TPSA) is 41.1 Å². The summed E-state index contributed by atoms with van der Waals surface area (Å²) in [5.41, 5.74) is 1.08. The van der Waals surface area contributed by atoms with Crippen LogP contribution in [0, 0.1) is 5.92 Å². The van der Waals surface area contributed by atoms with Gasteiger partial charge in [0.15, 0.2) is 0 Å². The first kappa shape index (κ1) is 14.0. The third-order valence-electron chi connectivity index (χ3n) is 2.39. The Morgan fingerprint density at radius 1 is 1.29 bits per heavy atom. The number of hydrogen-bond acceptors (Lipinski definition) is 1. The monoisotopic (exact) mass is 298 g/mol. The van der Waals surface area contributed by atoms with Crippen LogP contribution < -0.4 is 10.6 Å². The summed E-state index contributed by atoms with van der Waals surface area (Å²) in [5, 5.41) is 5.75. The van der Waals surface area contributed by atoms with Crippen LogP contribution in [-0.4, -0.2) is 12.6 Å². The molecular weight excluding hydrogens is 280 g/mol. The van der Waals surface area contributed by atoms with E-state index in [2.05, 4.69) is 40.4 Å². The second kappa shape index (κ2) is 6.64. The number of carbonyl (C=O) groups is 1. The summed E-state index contributed by atoms with van der Waals surface area (Å²) in [6.07, 6.45) is 0. The van der Waals surface area contributed by atoms with Crippen LogP contribution in [-0.2, 0) is 0 Å². The van der Waals surface area contributed by atoms with Gasteiger partial charge in [-0.2, -0.15) is 0 Å². The Morgan fingerprint density at radius 2 is 1.94 bits per heavy atom. The number of carbonyl (C=O) groups excluding carboxylic acids is 1. The molecule has 3 nitrogen and oxygen atoms in total. The highest BCUT2D eigenvalue weighted by molar-refractivity contribution is 9.10. The van der Waals surface area contributed by atoms with Crippen molar-refractivity contribution in [1.29, 1.82) is 0 Å². The number of urea groups is 1. The van der Waals surface area contributed by atoms with Crippen LogP contribution in [0.15, 0.2) is 28.7 Å². The van der Waals surface area contributed by atoms with E-state index in [9.17, 15) is 4.79 Å². The standard InChI is InChI=1S/C13H19BrN2O/c1-9(2)8-15-13(17)16-10(3)11-6-4-5-7-12(11)14/h4-7,9-10H,8H2,1-3H3,(H2,15,16,17)/t10-/m0/s1. The highest BCUT2D eigenvalue weighted by Gasteiger charge is 2.11. The molecule has 0 heterocycles. The lowest BCUT2D eigenvalue weighted by atomic mass is 10.1. The maximum absolute atomic E-state index is 11.6. The highest BCUT2D eigenvalue weighted by atomic mass is 79.9. The van der Waals surface area contributed by atoms with E-state index in [1.165, 1.54) is 0 Å². The van der Waals surface area contributed by atoms with Crippen LogP contribution in [0.25, 0.3) is 0 Å². The molecule has 1 rings (SSSR count). The smallest absolute Gasteiger partial charge is 0.315 e. The molecule has 1 aromatic rings. The first-order valence-electron chi connectivity index (χ1n) is 5.79. The molecule has 94 valence electrons. The fraction of sp³-hybridized carbons (Fsp3) is 0.462. The molecular formula is C13H19BrN2O. The Kier molecular flexibility index (Phi) is 5.48. The summed E-state index contributed by atoms with van der Waals surface area (Å²) in [5.74, 6) is 0.458. The first-order chi connectivity index (χ1) is 8.00. The molecule has 2 N–H and O–H groups in total. The van der Waals surface area contributed by atoms with Crippen molar-refractivity contribution in [1.82, 2.24) is 10.6 Å². The Balaban J connectivity index is 2.52. The van der Waals surface area contributed by atoms with Crippen LogP contribution in [0.2, 0.25) is 0 Å². The fourth-order valence-electron chi connectivity index (χ4n) is 1.45. The van der Waals surface area contributed by atoms with Gasteiger partial charge in [0.1, 0.15) is 0 Å². The minimum atomic E-state index is -0.123. The van der Waals surface area contributed by atoms with Crippen molar-refractivity contribution in [2.24, 2.45) is 5.92 Å². The van der Waals surface area contributed by atoms with Gasteiger partial charge in [0.05, 0.1) is 6.04 Å². The van der Waals surface area contributed by atoms with E-state index in [1.807, 2.05) is 31.2 Å². The number of hydrogen-bond donors (Lipinski definition) is 2. The number of halogens is 1. The molecule has 0 aliphatic carbocycles. The van der Waals surface area contributed by atoms with E-state index in [1.54, 1.807) is 0 Å². The molecule has 0 unspecified atom stereocenters. The molecule has 0 saturated heterocycles. The normalized spacial score (nSPS) is 12.3. The Bertz CT molecular complexity index is 379. The first-order valence-corrected chi connectivity index (χ1v) is 6.58. The van der Waals surface area contributed by atoms with Gasteiger partial charge in [-0.15, -0.1) is 0 Å². The molecule has 17 heavy (non-hydrogen) atoms.